The van der Waals surface area contributed by atoms with Gasteiger partial charge in [0.2, 0.25) is 15.9 Å². The lowest BCUT2D eigenvalue weighted by Crippen LogP contribution is -2.24. The quantitative estimate of drug-likeness (QED) is 0.576. The fraction of sp³-hybridized carbons (Fsp3) is 0.235. The van der Waals surface area contributed by atoms with Crippen LogP contribution < -0.4 is 15.8 Å². The average molecular weight is 427 g/mol. The van der Waals surface area contributed by atoms with E-state index < -0.39 is 20.0 Å². The van der Waals surface area contributed by atoms with Crippen molar-refractivity contribution in [2.24, 2.45) is 0 Å². The number of nitrogens with two attached hydrogens (primary N) is 1. The number of nitrogens with one attached hydrogen (secondary N) is 2. The topological polar surface area (TPSA) is 139 Å². The molecule has 0 aromatic heterocycles. The van der Waals surface area contributed by atoms with E-state index in [-0.39, 0.29) is 27.1 Å². The third-order valence-corrected chi connectivity index (χ3v) is 7.09. The van der Waals surface area contributed by atoms with E-state index in [9.17, 15) is 21.6 Å². The molecular weight excluding hydrogens is 404 g/mol. The van der Waals surface area contributed by atoms with Crippen LogP contribution in [0.2, 0.25) is 0 Å². The van der Waals surface area contributed by atoms with Gasteiger partial charge in [0, 0.05) is 26.2 Å². The van der Waals surface area contributed by atoms with Crippen molar-refractivity contribution in [3.05, 3.63) is 42.5 Å². The van der Waals surface area contributed by atoms with E-state index in [1.54, 1.807) is 6.92 Å². The van der Waals surface area contributed by atoms with Crippen LogP contribution in [0.4, 0.5) is 17.1 Å². The van der Waals surface area contributed by atoms with Gasteiger partial charge in [-0.15, -0.1) is 0 Å². The second-order valence-electron chi connectivity index (χ2n) is 6.04. The van der Waals surface area contributed by atoms with Crippen LogP contribution >= 0.6 is 0 Å². The smallest absolute Gasteiger partial charge is 0.261 e. The standard InChI is InChI=1S/C17H22N4O5S2/c1-4-16(22)19-12-8-10-13(11-9-12)27(23,24)20-14-6-5-7-15(17(14)18)28(25,26)21(2)3/h5-11,20H,4,18H2,1-3H3,(H,19,22). The van der Waals surface area contributed by atoms with Crippen LogP contribution in [0.5, 0.6) is 0 Å². The molecule has 9 nitrogen and oxygen atoms in total. The highest BCUT2D eigenvalue weighted by molar-refractivity contribution is 7.92. The Kier molecular flexibility index (Phi) is 6.32. The minimum absolute atomic E-state index is 0.0497. The molecule has 2 aromatic carbocycles. The Morgan fingerprint density at radius 2 is 1.64 bits per heavy atom. The summed E-state index contributed by atoms with van der Waals surface area (Å²) in [4.78, 5) is 11.1. The molecule has 0 saturated heterocycles. The fourth-order valence-electron chi connectivity index (χ4n) is 2.23. The normalized spacial score (nSPS) is 12.0. The lowest BCUT2D eigenvalue weighted by atomic mass is 10.3. The summed E-state index contributed by atoms with van der Waals surface area (Å²) in [6, 6.07) is 9.63. The molecule has 152 valence electrons. The van der Waals surface area contributed by atoms with Gasteiger partial charge in [-0.25, -0.2) is 21.1 Å². The highest BCUT2D eigenvalue weighted by atomic mass is 32.2. The maximum Gasteiger partial charge on any atom is 0.261 e. The molecule has 28 heavy (non-hydrogen) atoms. The second-order valence-corrected chi connectivity index (χ2v) is 9.84. The van der Waals surface area contributed by atoms with E-state index in [2.05, 4.69) is 10.0 Å². The molecule has 0 bridgehead atoms. The Balaban J connectivity index is 2.34. The van der Waals surface area contributed by atoms with Gasteiger partial charge in [0.1, 0.15) is 4.90 Å². The first-order valence-electron chi connectivity index (χ1n) is 8.22. The van der Waals surface area contributed by atoms with Crippen molar-refractivity contribution in [3.8, 4) is 0 Å². The number of carbonyl (C=O) groups is 1. The summed E-state index contributed by atoms with van der Waals surface area (Å²) in [5, 5.41) is 2.62. The molecule has 0 aliphatic rings. The van der Waals surface area contributed by atoms with Crippen LogP contribution in [0.15, 0.2) is 52.3 Å². The maximum atomic E-state index is 12.6. The molecule has 0 spiro atoms. The van der Waals surface area contributed by atoms with Crippen molar-refractivity contribution in [1.82, 2.24) is 4.31 Å². The van der Waals surface area contributed by atoms with E-state index in [4.69, 9.17) is 5.73 Å². The minimum Gasteiger partial charge on any atom is -0.396 e. The summed E-state index contributed by atoms with van der Waals surface area (Å²) in [7, 11) is -5.15. The summed E-state index contributed by atoms with van der Waals surface area (Å²) in [5.41, 5.74) is 6.12. The highest BCUT2D eigenvalue weighted by Gasteiger charge is 2.23. The third-order valence-electron chi connectivity index (χ3n) is 3.84. The first-order chi connectivity index (χ1) is 13.0. The molecule has 0 aliphatic heterocycles. The molecule has 2 aromatic rings. The lowest BCUT2D eigenvalue weighted by molar-refractivity contribution is -0.115. The zero-order chi connectivity index (χ0) is 21.1. The Morgan fingerprint density at radius 3 is 2.18 bits per heavy atom. The second kappa shape index (κ2) is 8.17. The highest BCUT2D eigenvalue weighted by Crippen LogP contribution is 2.30. The van der Waals surface area contributed by atoms with E-state index in [0.717, 1.165) is 4.31 Å². The first-order valence-corrected chi connectivity index (χ1v) is 11.1. The van der Waals surface area contributed by atoms with E-state index in [1.165, 1.54) is 56.6 Å². The van der Waals surface area contributed by atoms with Crippen LogP contribution in [0.25, 0.3) is 0 Å². The summed E-state index contributed by atoms with van der Waals surface area (Å²) in [6.45, 7) is 1.70. The van der Waals surface area contributed by atoms with Crippen molar-refractivity contribution in [3.63, 3.8) is 0 Å². The summed E-state index contributed by atoms with van der Waals surface area (Å²) in [5.74, 6) is -0.194. The molecule has 0 radical (unpaired) electrons. The van der Waals surface area contributed by atoms with Gasteiger partial charge >= 0.3 is 0 Å². The van der Waals surface area contributed by atoms with Crippen LogP contribution in [0, 0.1) is 0 Å². The molecule has 0 heterocycles. The van der Waals surface area contributed by atoms with Crippen LogP contribution in [0.1, 0.15) is 13.3 Å². The number of hydrogen-bond donors (Lipinski definition) is 3. The largest absolute Gasteiger partial charge is 0.396 e. The Hall–Kier alpha value is -2.63. The molecule has 2 rings (SSSR count). The SMILES string of the molecule is CCC(=O)Nc1ccc(S(=O)(=O)Nc2cccc(S(=O)(=O)N(C)C)c2N)cc1. The number of carbonyl (C=O) groups excluding carboxylic acids is 1. The number of para-hydroxylation sites is 1. The summed E-state index contributed by atoms with van der Waals surface area (Å²) in [6.07, 6.45) is 0.299. The van der Waals surface area contributed by atoms with Crippen molar-refractivity contribution in [2.75, 3.05) is 29.9 Å². The zero-order valence-corrected chi connectivity index (χ0v) is 17.3. The van der Waals surface area contributed by atoms with E-state index in [1.807, 2.05) is 0 Å². The first kappa shape index (κ1) is 21.7. The molecule has 0 atom stereocenters. The van der Waals surface area contributed by atoms with Gasteiger partial charge in [-0.3, -0.25) is 9.52 Å². The van der Waals surface area contributed by atoms with Crippen molar-refractivity contribution < 1.29 is 21.6 Å². The molecule has 4 N–H and O–H groups in total. The molecular formula is C17H22N4O5S2. The van der Waals surface area contributed by atoms with Gasteiger partial charge in [0.15, 0.2) is 0 Å². The number of hydrogen-bond acceptors (Lipinski definition) is 6. The van der Waals surface area contributed by atoms with Crippen molar-refractivity contribution >= 4 is 43.0 Å². The molecule has 0 fully saturated rings. The van der Waals surface area contributed by atoms with E-state index in [0.29, 0.717) is 12.1 Å². The molecule has 11 heteroatoms. The maximum absolute atomic E-state index is 12.6. The number of nitrogen functional groups attached to an aromatic ring is 1. The number of benzene rings is 2. The van der Waals surface area contributed by atoms with Gasteiger partial charge < -0.3 is 11.1 Å². The van der Waals surface area contributed by atoms with Gasteiger partial charge in [0.25, 0.3) is 10.0 Å². The van der Waals surface area contributed by atoms with Gasteiger partial charge in [-0.1, -0.05) is 13.0 Å². The molecule has 1 amide bonds. The van der Waals surface area contributed by atoms with Crippen LogP contribution in [-0.2, 0) is 24.8 Å². The summed E-state index contributed by atoms with van der Waals surface area (Å²) >= 11 is 0. The lowest BCUT2D eigenvalue weighted by Gasteiger charge is -2.16. The number of anilines is 3. The number of sulfonamides is 2. The van der Waals surface area contributed by atoms with Crippen LogP contribution in [0.3, 0.4) is 0 Å². The molecule has 0 unspecified atom stereocenters. The predicted molar refractivity (Wildman–Crippen MR) is 108 cm³/mol. The van der Waals surface area contributed by atoms with Gasteiger partial charge in [-0.2, -0.15) is 0 Å². The third kappa shape index (κ3) is 4.61. The zero-order valence-electron chi connectivity index (χ0n) is 15.6. The summed E-state index contributed by atoms with van der Waals surface area (Å²) < 4.78 is 53.2. The van der Waals surface area contributed by atoms with Gasteiger partial charge in [-0.05, 0) is 36.4 Å². The molecule has 0 aliphatic carbocycles. The molecule has 0 saturated carbocycles. The minimum atomic E-state index is -4.02. The fourth-order valence-corrected chi connectivity index (χ4v) is 4.34. The van der Waals surface area contributed by atoms with Crippen molar-refractivity contribution in [1.29, 1.82) is 0 Å². The Labute approximate surface area is 164 Å². The number of nitrogens with zero attached hydrogens (tertiary/aromatic N) is 1. The average Bonchev–Trinajstić information content (AvgIpc) is 2.63. The number of amides is 1. The monoisotopic (exact) mass is 426 g/mol. The predicted octanol–water partition coefficient (Wildman–Crippen LogP) is 1.67. The van der Waals surface area contributed by atoms with Crippen molar-refractivity contribution in [2.45, 2.75) is 23.1 Å². The van der Waals surface area contributed by atoms with E-state index >= 15 is 0 Å². The Bertz CT molecular complexity index is 1080. The van der Waals surface area contributed by atoms with Crippen LogP contribution in [-0.4, -0.2) is 41.1 Å². The van der Waals surface area contributed by atoms with Gasteiger partial charge in [0.05, 0.1) is 16.3 Å². The number of rotatable bonds is 7. The Morgan fingerprint density at radius 1 is 1.04 bits per heavy atom.